The molecule has 1 aromatic heterocycles. The monoisotopic (exact) mass is 295 g/mol. The van der Waals surface area contributed by atoms with Crippen LogP contribution in [0.25, 0.3) is 0 Å². The molecule has 0 unspecified atom stereocenters. The molecule has 1 aromatic rings. The van der Waals surface area contributed by atoms with E-state index in [0.717, 1.165) is 13.0 Å². The average molecular weight is 295 g/mol. The average Bonchev–Trinajstić information content (AvgIpc) is 2.52. The molecule has 0 aliphatic heterocycles. The Balaban J connectivity index is 1.92. The van der Waals surface area contributed by atoms with Gasteiger partial charge in [0.25, 0.3) is 0 Å². The van der Waals surface area contributed by atoms with Crippen molar-refractivity contribution >= 4 is 17.7 Å². The van der Waals surface area contributed by atoms with Gasteiger partial charge in [0.15, 0.2) is 0 Å². The highest BCUT2D eigenvalue weighted by Gasteiger charge is 2.31. The molecule has 0 bridgehead atoms. The van der Waals surface area contributed by atoms with Crippen LogP contribution in [-0.4, -0.2) is 34.1 Å². The van der Waals surface area contributed by atoms with E-state index in [2.05, 4.69) is 28.5 Å². The predicted octanol–water partition coefficient (Wildman–Crippen LogP) is 3.74. The maximum atomic E-state index is 5.54. The molecule has 0 saturated heterocycles. The minimum Gasteiger partial charge on any atom is -0.478 e. The van der Waals surface area contributed by atoms with Gasteiger partial charge in [0.2, 0.25) is 11.8 Å². The van der Waals surface area contributed by atoms with Crippen LogP contribution < -0.4 is 10.1 Å². The standard InChI is InChI=1S/C15H25N3OS/c1-3-11-19-13-7-10-16-14(18-13)17-12-15(20-2)8-5-4-6-9-15/h7,10H,3-6,8-9,11-12H2,1-2H3,(H,16,17,18). The molecule has 5 heteroatoms. The Morgan fingerprint density at radius 1 is 1.35 bits per heavy atom. The molecule has 4 nitrogen and oxygen atoms in total. The fraction of sp³-hybridized carbons (Fsp3) is 0.733. The summed E-state index contributed by atoms with van der Waals surface area (Å²) in [6, 6.07) is 1.81. The number of ether oxygens (including phenoxy) is 1. The van der Waals surface area contributed by atoms with Gasteiger partial charge in [-0.1, -0.05) is 26.2 Å². The number of anilines is 1. The predicted molar refractivity (Wildman–Crippen MR) is 85.6 cm³/mol. The minimum atomic E-state index is 0.349. The second-order valence-corrected chi connectivity index (χ2v) is 6.64. The van der Waals surface area contributed by atoms with E-state index in [1.807, 2.05) is 17.8 Å². The Kier molecular flexibility index (Phi) is 5.95. The normalized spacial score (nSPS) is 17.7. The van der Waals surface area contributed by atoms with Gasteiger partial charge in [-0.3, -0.25) is 0 Å². The second-order valence-electron chi connectivity index (χ2n) is 5.37. The van der Waals surface area contributed by atoms with Crippen molar-refractivity contribution in [1.29, 1.82) is 0 Å². The van der Waals surface area contributed by atoms with E-state index in [-0.39, 0.29) is 0 Å². The van der Waals surface area contributed by atoms with E-state index in [9.17, 15) is 0 Å². The first-order valence-corrected chi connectivity index (χ1v) is 8.75. The van der Waals surface area contributed by atoms with Crippen LogP contribution in [0.3, 0.4) is 0 Å². The number of aromatic nitrogens is 2. The van der Waals surface area contributed by atoms with E-state index in [1.54, 1.807) is 6.20 Å². The third-order valence-electron chi connectivity index (χ3n) is 3.85. The van der Waals surface area contributed by atoms with Crippen LogP contribution in [0.15, 0.2) is 12.3 Å². The summed E-state index contributed by atoms with van der Waals surface area (Å²) in [5.74, 6) is 1.34. The quantitative estimate of drug-likeness (QED) is 0.830. The number of rotatable bonds is 7. The Morgan fingerprint density at radius 3 is 2.85 bits per heavy atom. The zero-order valence-corrected chi connectivity index (χ0v) is 13.3. The van der Waals surface area contributed by atoms with Gasteiger partial charge in [-0.2, -0.15) is 16.7 Å². The Morgan fingerprint density at radius 2 is 2.15 bits per heavy atom. The highest BCUT2D eigenvalue weighted by atomic mass is 32.2. The van der Waals surface area contributed by atoms with Crippen LogP contribution in [0.5, 0.6) is 5.88 Å². The van der Waals surface area contributed by atoms with Gasteiger partial charge >= 0.3 is 0 Å². The first-order valence-electron chi connectivity index (χ1n) is 7.53. The summed E-state index contributed by atoms with van der Waals surface area (Å²) in [7, 11) is 0. The smallest absolute Gasteiger partial charge is 0.225 e. The number of nitrogens with one attached hydrogen (secondary N) is 1. The van der Waals surface area contributed by atoms with Gasteiger partial charge < -0.3 is 10.1 Å². The second kappa shape index (κ2) is 7.72. The Bertz CT molecular complexity index is 408. The summed E-state index contributed by atoms with van der Waals surface area (Å²) in [6.07, 6.45) is 11.6. The molecule has 0 aromatic carbocycles. The van der Waals surface area contributed by atoms with Crippen molar-refractivity contribution < 1.29 is 4.74 Å². The van der Waals surface area contributed by atoms with Crippen molar-refractivity contribution in [3.63, 3.8) is 0 Å². The highest BCUT2D eigenvalue weighted by Crippen LogP contribution is 2.38. The van der Waals surface area contributed by atoms with E-state index < -0.39 is 0 Å². The van der Waals surface area contributed by atoms with Crippen LogP contribution in [0, 0.1) is 0 Å². The molecule has 0 atom stereocenters. The first-order chi connectivity index (χ1) is 9.78. The molecule has 1 saturated carbocycles. The summed E-state index contributed by atoms with van der Waals surface area (Å²) >= 11 is 1.98. The van der Waals surface area contributed by atoms with Crippen LogP contribution in [0.2, 0.25) is 0 Å². The number of thioether (sulfide) groups is 1. The number of hydrogen-bond donors (Lipinski definition) is 1. The van der Waals surface area contributed by atoms with Crippen LogP contribution in [-0.2, 0) is 0 Å². The molecule has 20 heavy (non-hydrogen) atoms. The molecule has 0 amide bonds. The SMILES string of the molecule is CCCOc1ccnc(NCC2(SC)CCCCC2)n1. The van der Waals surface area contributed by atoms with Gasteiger partial charge in [0, 0.05) is 23.6 Å². The molecule has 1 N–H and O–H groups in total. The van der Waals surface area contributed by atoms with Crippen molar-refractivity contribution in [3.05, 3.63) is 12.3 Å². The van der Waals surface area contributed by atoms with Crippen LogP contribution in [0.4, 0.5) is 5.95 Å². The van der Waals surface area contributed by atoms with Gasteiger partial charge in [-0.25, -0.2) is 4.98 Å². The van der Waals surface area contributed by atoms with Gasteiger partial charge in [0.1, 0.15) is 0 Å². The third-order valence-corrected chi connectivity index (χ3v) is 5.27. The largest absolute Gasteiger partial charge is 0.478 e. The van der Waals surface area contributed by atoms with Crippen molar-refractivity contribution in [3.8, 4) is 5.88 Å². The van der Waals surface area contributed by atoms with Crippen LogP contribution in [0.1, 0.15) is 45.4 Å². The third kappa shape index (κ3) is 4.27. The van der Waals surface area contributed by atoms with Crippen molar-refractivity contribution in [2.75, 3.05) is 24.7 Å². The number of hydrogen-bond acceptors (Lipinski definition) is 5. The Labute approximate surface area is 126 Å². The fourth-order valence-corrected chi connectivity index (χ4v) is 3.52. The van der Waals surface area contributed by atoms with Gasteiger partial charge in [-0.15, -0.1) is 0 Å². The summed E-state index contributed by atoms with van der Waals surface area (Å²) in [5, 5.41) is 3.40. The minimum absolute atomic E-state index is 0.349. The van der Waals surface area contributed by atoms with Crippen LogP contribution >= 0.6 is 11.8 Å². The molecular weight excluding hydrogens is 270 g/mol. The van der Waals surface area contributed by atoms with Gasteiger partial charge in [0.05, 0.1) is 6.61 Å². The summed E-state index contributed by atoms with van der Waals surface area (Å²) < 4.78 is 5.89. The molecule has 1 aliphatic carbocycles. The van der Waals surface area contributed by atoms with E-state index in [4.69, 9.17) is 4.74 Å². The maximum absolute atomic E-state index is 5.54. The summed E-state index contributed by atoms with van der Waals surface area (Å²) in [4.78, 5) is 8.69. The zero-order valence-electron chi connectivity index (χ0n) is 12.5. The topological polar surface area (TPSA) is 47.0 Å². The Hall–Kier alpha value is -0.970. The number of nitrogens with zero attached hydrogens (tertiary/aromatic N) is 2. The lowest BCUT2D eigenvalue weighted by molar-refractivity contribution is 0.305. The molecule has 0 radical (unpaired) electrons. The first kappa shape index (κ1) is 15.4. The molecule has 1 aliphatic rings. The molecule has 1 fully saturated rings. The molecular formula is C15H25N3OS. The fourth-order valence-electron chi connectivity index (χ4n) is 2.60. The lowest BCUT2D eigenvalue weighted by Crippen LogP contribution is -2.35. The molecule has 2 rings (SSSR count). The molecule has 1 heterocycles. The van der Waals surface area contributed by atoms with E-state index >= 15 is 0 Å². The molecule has 0 spiro atoms. The van der Waals surface area contributed by atoms with Crippen molar-refractivity contribution in [1.82, 2.24) is 9.97 Å². The van der Waals surface area contributed by atoms with Gasteiger partial charge in [-0.05, 0) is 25.5 Å². The summed E-state index contributed by atoms with van der Waals surface area (Å²) in [5.41, 5.74) is 0. The van der Waals surface area contributed by atoms with Crippen molar-refractivity contribution in [2.24, 2.45) is 0 Å². The lowest BCUT2D eigenvalue weighted by atomic mass is 9.88. The van der Waals surface area contributed by atoms with E-state index in [1.165, 1.54) is 32.1 Å². The van der Waals surface area contributed by atoms with Crippen molar-refractivity contribution in [2.45, 2.75) is 50.2 Å². The summed E-state index contributed by atoms with van der Waals surface area (Å²) in [6.45, 7) is 3.72. The highest BCUT2D eigenvalue weighted by molar-refractivity contribution is 8.00. The zero-order chi connectivity index (χ0) is 14.3. The van der Waals surface area contributed by atoms with E-state index in [0.29, 0.717) is 23.2 Å². The maximum Gasteiger partial charge on any atom is 0.225 e. The lowest BCUT2D eigenvalue weighted by Gasteiger charge is -2.35. The molecule has 112 valence electrons.